The minimum absolute atomic E-state index is 0.615. The van der Waals surface area contributed by atoms with E-state index in [0.29, 0.717) is 17.9 Å². The van der Waals surface area contributed by atoms with E-state index in [1.165, 1.54) is 12.8 Å². The first-order chi connectivity index (χ1) is 7.01. The highest BCUT2D eigenvalue weighted by molar-refractivity contribution is 4.71. The summed E-state index contributed by atoms with van der Waals surface area (Å²) in [5, 5.41) is 3.60. The molecule has 0 aliphatic rings. The lowest BCUT2D eigenvalue weighted by molar-refractivity contribution is 0.333. The van der Waals surface area contributed by atoms with Crippen molar-refractivity contribution >= 4 is 0 Å². The molecule has 3 N–H and O–H groups in total. The number of hydrogen-bond acceptors (Lipinski definition) is 2. The van der Waals surface area contributed by atoms with E-state index in [1.54, 1.807) is 0 Å². The second-order valence-electron chi connectivity index (χ2n) is 5.30. The van der Waals surface area contributed by atoms with Crippen LogP contribution in [0.1, 0.15) is 47.5 Å². The SMILES string of the molecule is CCC(C)CC(C)NCC(CN)C(C)C. The summed E-state index contributed by atoms with van der Waals surface area (Å²) in [4.78, 5) is 0. The van der Waals surface area contributed by atoms with Crippen molar-refractivity contribution in [3.8, 4) is 0 Å². The fourth-order valence-electron chi connectivity index (χ4n) is 1.80. The van der Waals surface area contributed by atoms with Crippen LogP contribution in [0.4, 0.5) is 0 Å². The normalized spacial score (nSPS) is 17.8. The molecule has 0 saturated heterocycles. The maximum Gasteiger partial charge on any atom is 0.00413 e. The van der Waals surface area contributed by atoms with Crippen LogP contribution in [0.15, 0.2) is 0 Å². The summed E-state index contributed by atoms with van der Waals surface area (Å²) in [6.45, 7) is 13.2. The Balaban J connectivity index is 3.73. The van der Waals surface area contributed by atoms with Gasteiger partial charge in [-0.2, -0.15) is 0 Å². The van der Waals surface area contributed by atoms with E-state index >= 15 is 0 Å². The molecule has 0 rings (SSSR count). The molecule has 0 aliphatic heterocycles. The maximum atomic E-state index is 5.75. The fourth-order valence-corrected chi connectivity index (χ4v) is 1.80. The zero-order valence-corrected chi connectivity index (χ0v) is 11.2. The smallest absolute Gasteiger partial charge is 0.00413 e. The molecular formula is C13H30N2. The summed E-state index contributed by atoms with van der Waals surface area (Å²) >= 11 is 0. The zero-order chi connectivity index (χ0) is 11.8. The third-order valence-electron chi connectivity index (χ3n) is 3.43. The van der Waals surface area contributed by atoms with E-state index in [1.807, 2.05) is 0 Å². The zero-order valence-electron chi connectivity index (χ0n) is 11.2. The first-order valence-electron chi connectivity index (χ1n) is 6.44. The largest absolute Gasteiger partial charge is 0.330 e. The van der Waals surface area contributed by atoms with Gasteiger partial charge in [-0.05, 0) is 44.2 Å². The van der Waals surface area contributed by atoms with Gasteiger partial charge < -0.3 is 11.1 Å². The van der Waals surface area contributed by atoms with Crippen molar-refractivity contribution < 1.29 is 0 Å². The van der Waals surface area contributed by atoms with E-state index in [2.05, 4.69) is 39.9 Å². The summed E-state index contributed by atoms with van der Waals surface area (Å²) < 4.78 is 0. The number of nitrogens with two attached hydrogens (primary N) is 1. The van der Waals surface area contributed by atoms with Gasteiger partial charge in [-0.25, -0.2) is 0 Å². The molecule has 92 valence electrons. The standard InChI is InChI=1S/C13H30N2/c1-6-11(4)7-12(5)15-9-13(8-14)10(2)3/h10-13,15H,6-9,14H2,1-5H3. The Kier molecular flexibility index (Phi) is 8.07. The molecule has 0 aromatic carbocycles. The van der Waals surface area contributed by atoms with Crippen LogP contribution in [0.25, 0.3) is 0 Å². The third-order valence-corrected chi connectivity index (χ3v) is 3.43. The molecule has 2 nitrogen and oxygen atoms in total. The predicted molar refractivity (Wildman–Crippen MR) is 68.9 cm³/mol. The molecule has 0 radical (unpaired) electrons. The first-order valence-corrected chi connectivity index (χ1v) is 6.44. The van der Waals surface area contributed by atoms with Crippen molar-refractivity contribution in [2.75, 3.05) is 13.1 Å². The Morgan fingerprint density at radius 2 is 1.73 bits per heavy atom. The number of hydrogen-bond donors (Lipinski definition) is 2. The van der Waals surface area contributed by atoms with Crippen LogP contribution in [0.2, 0.25) is 0 Å². The highest BCUT2D eigenvalue weighted by Crippen LogP contribution is 2.11. The predicted octanol–water partition coefficient (Wildman–Crippen LogP) is 2.63. The second kappa shape index (κ2) is 8.12. The lowest BCUT2D eigenvalue weighted by Gasteiger charge is -2.23. The van der Waals surface area contributed by atoms with Gasteiger partial charge in [-0.15, -0.1) is 0 Å². The van der Waals surface area contributed by atoms with Crippen molar-refractivity contribution in [3.63, 3.8) is 0 Å². The van der Waals surface area contributed by atoms with Crippen LogP contribution in [0.5, 0.6) is 0 Å². The summed E-state index contributed by atoms with van der Waals surface area (Å²) in [5.74, 6) is 2.12. The summed E-state index contributed by atoms with van der Waals surface area (Å²) in [7, 11) is 0. The van der Waals surface area contributed by atoms with Gasteiger partial charge in [0.15, 0.2) is 0 Å². The van der Waals surface area contributed by atoms with Crippen LogP contribution in [-0.2, 0) is 0 Å². The molecule has 0 heterocycles. The molecule has 0 fully saturated rings. The minimum Gasteiger partial charge on any atom is -0.330 e. The summed E-state index contributed by atoms with van der Waals surface area (Å²) in [5.41, 5.74) is 5.75. The van der Waals surface area contributed by atoms with Gasteiger partial charge in [-0.1, -0.05) is 34.1 Å². The molecule has 0 aromatic heterocycles. The van der Waals surface area contributed by atoms with Gasteiger partial charge in [0.2, 0.25) is 0 Å². The van der Waals surface area contributed by atoms with Gasteiger partial charge >= 0.3 is 0 Å². The molecule has 15 heavy (non-hydrogen) atoms. The van der Waals surface area contributed by atoms with Crippen LogP contribution < -0.4 is 11.1 Å². The maximum absolute atomic E-state index is 5.75. The molecule has 3 atom stereocenters. The van der Waals surface area contributed by atoms with E-state index in [0.717, 1.165) is 19.0 Å². The van der Waals surface area contributed by atoms with Gasteiger partial charge in [0.25, 0.3) is 0 Å². The van der Waals surface area contributed by atoms with Gasteiger partial charge in [0.05, 0.1) is 0 Å². The average molecular weight is 214 g/mol. The Bertz CT molecular complexity index is 145. The molecule has 0 spiro atoms. The van der Waals surface area contributed by atoms with Crippen molar-refractivity contribution in [1.29, 1.82) is 0 Å². The molecule has 0 aromatic rings. The second-order valence-corrected chi connectivity index (χ2v) is 5.30. The van der Waals surface area contributed by atoms with Gasteiger partial charge in [0.1, 0.15) is 0 Å². The van der Waals surface area contributed by atoms with Crippen LogP contribution in [0.3, 0.4) is 0 Å². The topological polar surface area (TPSA) is 38.0 Å². The molecule has 2 heteroatoms. The van der Waals surface area contributed by atoms with Crippen molar-refractivity contribution in [2.24, 2.45) is 23.5 Å². The minimum atomic E-state index is 0.615. The summed E-state index contributed by atoms with van der Waals surface area (Å²) in [6.07, 6.45) is 2.54. The molecule has 0 aliphatic carbocycles. The highest BCUT2D eigenvalue weighted by Gasteiger charge is 2.13. The molecule has 0 bridgehead atoms. The number of rotatable bonds is 8. The van der Waals surface area contributed by atoms with Crippen LogP contribution in [0, 0.1) is 17.8 Å². The van der Waals surface area contributed by atoms with E-state index in [9.17, 15) is 0 Å². The van der Waals surface area contributed by atoms with E-state index in [4.69, 9.17) is 5.73 Å². The average Bonchev–Trinajstić information content (AvgIpc) is 2.17. The third kappa shape index (κ3) is 6.91. The molecule has 3 unspecified atom stereocenters. The molecule has 0 saturated carbocycles. The first kappa shape index (κ1) is 14.9. The number of nitrogens with one attached hydrogen (secondary N) is 1. The lowest BCUT2D eigenvalue weighted by Crippen LogP contribution is -2.37. The lowest BCUT2D eigenvalue weighted by atomic mass is 9.95. The Hall–Kier alpha value is -0.0800. The van der Waals surface area contributed by atoms with Crippen molar-refractivity contribution in [1.82, 2.24) is 5.32 Å². The van der Waals surface area contributed by atoms with E-state index < -0.39 is 0 Å². The van der Waals surface area contributed by atoms with Crippen molar-refractivity contribution in [3.05, 3.63) is 0 Å². The Labute approximate surface area is 96.0 Å². The Morgan fingerprint density at radius 1 is 1.13 bits per heavy atom. The quantitative estimate of drug-likeness (QED) is 0.652. The van der Waals surface area contributed by atoms with Crippen LogP contribution in [-0.4, -0.2) is 19.1 Å². The molecule has 0 amide bonds. The summed E-state index contributed by atoms with van der Waals surface area (Å²) in [6, 6.07) is 0.618. The van der Waals surface area contributed by atoms with E-state index in [-0.39, 0.29) is 0 Å². The highest BCUT2D eigenvalue weighted by atomic mass is 14.9. The van der Waals surface area contributed by atoms with Crippen molar-refractivity contribution in [2.45, 2.75) is 53.5 Å². The fraction of sp³-hybridized carbons (Fsp3) is 1.00. The van der Waals surface area contributed by atoms with Gasteiger partial charge in [-0.3, -0.25) is 0 Å². The monoisotopic (exact) mass is 214 g/mol. The van der Waals surface area contributed by atoms with Gasteiger partial charge in [0, 0.05) is 6.04 Å². The van der Waals surface area contributed by atoms with Crippen LogP contribution >= 0.6 is 0 Å². The molecular weight excluding hydrogens is 184 g/mol. The Morgan fingerprint density at radius 3 is 2.13 bits per heavy atom.